The van der Waals surface area contributed by atoms with Gasteiger partial charge in [-0.25, -0.2) is 0 Å². The van der Waals surface area contributed by atoms with Crippen LogP contribution in [-0.2, 0) is 4.74 Å². The van der Waals surface area contributed by atoms with E-state index in [1.54, 1.807) is 0 Å². The lowest BCUT2D eigenvalue weighted by Crippen LogP contribution is -2.41. The van der Waals surface area contributed by atoms with Crippen LogP contribution < -0.4 is 11.1 Å². The number of rotatable bonds is 2. The molecule has 1 aliphatic heterocycles. The van der Waals surface area contributed by atoms with Crippen LogP contribution in [0.1, 0.15) is 73.3 Å². The highest BCUT2D eigenvalue weighted by atomic mass is 19.4. The quantitative estimate of drug-likeness (QED) is 0.159. The SMILES string of the molecule is C1CC2OC2C1.Cc1cc(C)c(N)c(C)c1.Cc1cc(C)c(N[C@H]2CCC[C@@H]2O)c(C)c1.OC(C(F)(F)F)C(F)(F)F.[HH]. The average molecular weight is 609 g/mol. The van der Waals surface area contributed by atoms with Crippen molar-refractivity contribution in [3.05, 3.63) is 57.6 Å². The van der Waals surface area contributed by atoms with Crippen molar-refractivity contribution < 1.29 is 42.7 Å². The summed E-state index contributed by atoms with van der Waals surface area (Å²) in [5.74, 6) is 0. The molecule has 5 rings (SSSR count). The molecule has 2 unspecified atom stereocenters. The Morgan fingerprint density at radius 1 is 0.762 bits per heavy atom. The third kappa shape index (κ3) is 11.0. The molecule has 0 aromatic heterocycles. The second kappa shape index (κ2) is 14.8. The Kier molecular flexibility index (Phi) is 12.6. The van der Waals surface area contributed by atoms with Gasteiger partial charge in [0.2, 0.25) is 6.10 Å². The molecular formula is C31H46F6N2O3. The Morgan fingerprint density at radius 2 is 1.17 bits per heavy atom. The number of nitrogens with two attached hydrogens (primary N) is 1. The summed E-state index contributed by atoms with van der Waals surface area (Å²) in [7, 11) is 0. The van der Waals surface area contributed by atoms with Gasteiger partial charge in [0.15, 0.2) is 0 Å². The number of epoxide rings is 1. The van der Waals surface area contributed by atoms with Crippen molar-refractivity contribution in [2.24, 2.45) is 0 Å². The molecule has 240 valence electrons. The maximum atomic E-state index is 11.0. The zero-order valence-electron chi connectivity index (χ0n) is 25.1. The number of halogens is 6. The number of fused-ring (bicyclic) bond motifs is 1. The lowest BCUT2D eigenvalue weighted by atomic mass is 10.0. The molecule has 5 N–H and O–H groups in total. The number of aliphatic hydroxyl groups excluding tert-OH is 2. The fourth-order valence-electron chi connectivity index (χ4n) is 5.29. The van der Waals surface area contributed by atoms with Crippen LogP contribution in [0, 0.1) is 41.5 Å². The summed E-state index contributed by atoms with van der Waals surface area (Å²) in [6.45, 7) is 12.5. The minimum Gasteiger partial charge on any atom is -0.398 e. The molecule has 2 aromatic carbocycles. The monoisotopic (exact) mass is 608 g/mol. The van der Waals surface area contributed by atoms with Crippen molar-refractivity contribution in [1.82, 2.24) is 0 Å². The third-order valence-electron chi connectivity index (χ3n) is 7.51. The van der Waals surface area contributed by atoms with E-state index in [0.29, 0.717) is 12.2 Å². The minimum absolute atomic E-state index is 0. The van der Waals surface area contributed by atoms with Crippen LogP contribution in [0.3, 0.4) is 0 Å². The Morgan fingerprint density at radius 3 is 1.45 bits per heavy atom. The van der Waals surface area contributed by atoms with E-state index >= 15 is 0 Å². The normalized spacial score (nSPS) is 22.6. The maximum Gasteiger partial charge on any atom is 0.423 e. The minimum atomic E-state index is -5.63. The lowest BCUT2D eigenvalue weighted by Gasteiger charge is -2.21. The van der Waals surface area contributed by atoms with Crippen LogP contribution in [0.4, 0.5) is 37.7 Å². The van der Waals surface area contributed by atoms with E-state index in [4.69, 9.17) is 15.6 Å². The van der Waals surface area contributed by atoms with E-state index in [0.717, 1.165) is 24.9 Å². The first-order chi connectivity index (χ1) is 19.3. The van der Waals surface area contributed by atoms with Gasteiger partial charge in [-0.15, -0.1) is 0 Å². The fraction of sp³-hybridized carbons (Fsp3) is 0.613. The highest BCUT2D eigenvalue weighted by molar-refractivity contribution is 5.59. The van der Waals surface area contributed by atoms with Crippen molar-refractivity contribution in [3.8, 4) is 0 Å². The number of alkyl halides is 6. The van der Waals surface area contributed by atoms with Gasteiger partial charge >= 0.3 is 12.4 Å². The average Bonchev–Trinajstić information content (AvgIpc) is 3.23. The Hall–Kier alpha value is -2.50. The number of aryl methyl sites for hydroxylation is 6. The predicted octanol–water partition coefficient (Wildman–Crippen LogP) is 7.79. The van der Waals surface area contributed by atoms with Gasteiger partial charge in [0, 0.05) is 12.8 Å². The smallest absolute Gasteiger partial charge is 0.398 e. The summed E-state index contributed by atoms with van der Waals surface area (Å²) in [6, 6.07) is 8.82. The van der Waals surface area contributed by atoms with Gasteiger partial charge in [0.05, 0.1) is 24.4 Å². The van der Waals surface area contributed by atoms with Crippen LogP contribution in [0.5, 0.6) is 0 Å². The van der Waals surface area contributed by atoms with Gasteiger partial charge in [-0.1, -0.05) is 35.4 Å². The van der Waals surface area contributed by atoms with Gasteiger partial charge in [-0.3, -0.25) is 0 Å². The molecule has 0 radical (unpaired) electrons. The number of nitrogen functional groups attached to an aromatic ring is 1. The van der Waals surface area contributed by atoms with Crippen molar-refractivity contribution in [3.63, 3.8) is 0 Å². The standard InChI is InChI=1S/C14H21NO.C9H13N.C5H8O.C3H2F6O.H2/c1-9-7-10(2)14(11(3)8-9)15-12-5-4-6-13(12)16;1-6-4-7(2)9(10)8(3)5-6;1-2-4-5(3-1)6-4;4-2(5,6)1(10)3(7,8)9;/h7-8,12-13,15-16H,4-6H2,1-3H3;4-5H,10H2,1-3H3;4-5H,1-3H2;1,10H;1H/t12-,13-;;;;/m0..../s1. The number of benzene rings is 2. The molecule has 11 heteroatoms. The van der Waals surface area contributed by atoms with E-state index in [1.165, 1.54) is 58.3 Å². The van der Waals surface area contributed by atoms with Crippen LogP contribution in [-0.4, -0.2) is 53.0 Å². The Labute approximate surface area is 245 Å². The molecule has 42 heavy (non-hydrogen) atoms. The van der Waals surface area contributed by atoms with Gasteiger partial charge in [0.25, 0.3) is 0 Å². The molecule has 0 amide bonds. The number of ether oxygens (including phenoxy) is 1. The van der Waals surface area contributed by atoms with E-state index in [9.17, 15) is 31.4 Å². The number of anilines is 2. The maximum absolute atomic E-state index is 11.0. The zero-order chi connectivity index (χ0) is 32.0. The first-order valence-corrected chi connectivity index (χ1v) is 14.1. The summed E-state index contributed by atoms with van der Waals surface area (Å²) in [6.07, 6.45) is -7.02. The summed E-state index contributed by atoms with van der Waals surface area (Å²) in [4.78, 5) is 0. The Balaban J connectivity index is 0.000000300. The molecule has 2 aliphatic carbocycles. The predicted molar refractivity (Wildman–Crippen MR) is 156 cm³/mol. The number of nitrogens with one attached hydrogen (secondary N) is 1. The number of aliphatic hydroxyl groups is 2. The molecule has 4 atom stereocenters. The van der Waals surface area contributed by atoms with Gasteiger partial charge in [-0.05, 0) is 102 Å². The number of hydrogen-bond donors (Lipinski definition) is 4. The number of hydrogen-bond acceptors (Lipinski definition) is 5. The second-order valence-electron chi connectivity index (χ2n) is 11.5. The molecule has 2 saturated carbocycles. The zero-order valence-corrected chi connectivity index (χ0v) is 25.1. The lowest BCUT2D eigenvalue weighted by molar-refractivity contribution is -0.308. The molecular weight excluding hydrogens is 562 g/mol. The van der Waals surface area contributed by atoms with E-state index in [2.05, 4.69) is 57.3 Å². The molecule has 0 spiro atoms. The van der Waals surface area contributed by atoms with Crippen molar-refractivity contribution >= 4 is 11.4 Å². The largest absolute Gasteiger partial charge is 0.423 e. The summed E-state index contributed by atoms with van der Waals surface area (Å²) < 4.78 is 71.0. The molecule has 1 saturated heterocycles. The highest BCUT2D eigenvalue weighted by Gasteiger charge is 2.55. The molecule has 1 heterocycles. The van der Waals surface area contributed by atoms with Gasteiger partial charge < -0.3 is 26.0 Å². The molecule has 3 fully saturated rings. The van der Waals surface area contributed by atoms with E-state index in [1.807, 2.05) is 13.8 Å². The van der Waals surface area contributed by atoms with Crippen molar-refractivity contribution in [2.45, 2.75) is 123 Å². The first kappa shape index (κ1) is 35.7. The van der Waals surface area contributed by atoms with Gasteiger partial charge in [-0.2, -0.15) is 26.3 Å². The van der Waals surface area contributed by atoms with E-state index in [-0.39, 0.29) is 13.6 Å². The van der Waals surface area contributed by atoms with E-state index < -0.39 is 18.5 Å². The molecule has 2 aromatic rings. The Bertz CT molecular complexity index is 1110. The summed E-state index contributed by atoms with van der Waals surface area (Å²) in [5.41, 5.74) is 15.4. The molecule has 0 bridgehead atoms. The summed E-state index contributed by atoms with van der Waals surface area (Å²) >= 11 is 0. The first-order valence-electron chi connectivity index (χ1n) is 14.1. The van der Waals surface area contributed by atoms with Crippen LogP contribution >= 0.6 is 0 Å². The highest BCUT2D eigenvalue weighted by Crippen LogP contribution is 2.37. The second-order valence-corrected chi connectivity index (χ2v) is 11.5. The topological polar surface area (TPSA) is 91.0 Å². The van der Waals surface area contributed by atoms with Crippen LogP contribution in [0.25, 0.3) is 0 Å². The molecule has 5 nitrogen and oxygen atoms in total. The van der Waals surface area contributed by atoms with Crippen molar-refractivity contribution in [2.75, 3.05) is 11.1 Å². The van der Waals surface area contributed by atoms with Crippen molar-refractivity contribution in [1.29, 1.82) is 0 Å². The third-order valence-corrected chi connectivity index (χ3v) is 7.51. The van der Waals surface area contributed by atoms with Crippen LogP contribution in [0.15, 0.2) is 24.3 Å². The molecule has 3 aliphatic rings. The fourth-order valence-corrected chi connectivity index (χ4v) is 5.29. The van der Waals surface area contributed by atoms with Crippen LogP contribution in [0.2, 0.25) is 0 Å². The summed E-state index contributed by atoms with van der Waals surface area (Å²) in [5, 5.41) is 20.8. The van der Waals surface area contributed by atoms with Gasteiger partial charge in [0.1, 0.15) is 0 Å².